The fourth-order valence-corrected chi connectivity index (χ4v) is 1.65. The molecule has 18 heavy (non-hydrogen) atoms. The van der Waals surface area contributed by atoms with Crippen molar-refractivity contribution in [1.29, 1.82) is 5.26 Å². The fraction of sp³-hybridized carbons (Fsp3) is 0.0667. The lowest BCUT2D eigenvalue weighted by Gasteiger charge is -2.07. The van der Waals surface area contributed by atoms with Gasteiger partial charge in [-0.1, -0.05) is 18.2 Å². The van der Waals surface area contributed by atoms with Crippen LogP contribution in [0.25, 0.3) is 0 Å². The quantitative estimate of drug-likeness (QED) is 0.830. The Morgan fingerprint density at radius 3 is 2.44 bits per heavy atom. The molecule has 0 heterocycles. The number of nitrogens with one attached hydrogen (secondary N) is 1. The number of carbonyl (C=O) groups excluding carboxylic acids is 1. The predicted octanol–water partition coefficient (Wildman–Crippen LogP) is 3.50. The third-order valence-electron chi connectivity index (χ3n) is 2.55. The molecule has 0 aromatic heterocycles. The Hall–Kier alpha value is -2.60. The largest absolute Gasteiger partial charge is 0.355 e. The van der Waals surface area contributed by atoms with E-state index in [4.69, 9.17) is 5.26 Å². The molecule has 0 saturated heterocycles. The summed E-state index contributed by atoms with van der Waals surface area (Å²) < 4.78 is 0. The van der Waals surface area contributed by atoms with Crippen molar-refractivity contribution in [3.05, 3.63) is 59.7 Å². The predicted molar refractivity (Wildman–Crippen MR) is 70.9 cm³/mol. The van der Waals surface area contributed by atoms with Gasteiger partial charge in [-0.3, -0.25) is 4.79 Å². The standard InChI is InChI=1S/C15H12N2O/c1-11(18)13-5-3-7-15(9-13)17-14-6-2-4-12(8-14)10-16/h2-9,17H,1H3. The highest BCUT2D eigenvalue weighted by molar-refractivity contribution is 5.95. The minimum atomic E-state index is 0.0319. The maximum atomic E-state index is 11.3. The van der Waals surface area contributed by atoms with Crippen LogP contribution in [0, 0.1) is 11.3 Å². The molecule has 0 amide bonds. The molecule has 0 fully saturated rings. The number of Topliss-reactive ketones (excluding diaryl/α,β-unsaturated/α-hetero) is 1. The van der Waals surface area contributed by atoms with Crippen molar-refractivity contribution in [3.63, 3.8) is 0 Å². The minimum Gasteiger partial charge on any atom is -0.355 e. The molecule has 2 aromatic carbocycles. The Morgan fingerprint density at radius 2 is 1.78 bits per heavy atom. The van der Waals surface area contributed by atoms with Crippen molar-refractivity contribution in [2.45, 2.75) is 6.92 Å². The molecule has 0 saturated carbocycles. The Bertz CT molecular complexity index is 626. The zero-order valence-corrected chi connectivity index (χ0v) is 9.97. The molecule has 0 atom stereocenters. The summed E-state index contributed by atoms with van der Waals surface area (Å²) in [6.07, 6.45) is 0. The molecule has 0 aliphatic rings. The van der Waals surface area contributed by atoms with E-state index in [0.29, 0.717) is 11.1 Å². The third kappa shape index (κ3) is 2.74. The van der Waals surface area contributed by atoms with Crippen LogP contribution in [0.5, 0.6) is 0 Å². The van der Waals surface area contributed by atoms with Gasteiger partial charge in [-0.05, 0) is 37.3 Å². The van der Waals surface area contributed by atoms with E-state index in [9.17, 15) is 4.79 Å². The first-order chi connectivity index (χ1) is 8.69. The van der Waals surface area contributed by atoms with Crippen LogP contribution in [-0.2, 0) is 0 Å². The summed E-state index contributed by atoms with van der Waals surface area (Å²) in [6.45, 7) is 1.54. The van der Waals surface area contributed by atoms with Crippen molar-refractivity contribution in [1.82, 2.24) is 0 Å². The summed E-state index contributed by atoms with van der Waals surface area (Å²) in [6, 6.07) is 16.6. The number of hydrogen-bond donors (Lipinski definition) is 1. The SMILES string of the molecule is CC(=O)c1cccc(Nc2cccc(C#N)c2)c1. The van der Waals surface area contributed by atoms with Gasteiger partial charge in [0.25, 0.3) is 0 Å². The van der Waals surface area contributed by atoms with Crippen LogP contribution in [0.2, 0.25) is 0 Å². The van der Waals surface area contributed by atoms with E-state index in [0.717, 1.165) is 11.4 Å². The van der Waals surface area contributed by atoms with E-state index in [1.807, 2.05) is 24.3 Å². The van der Waals surface area contributed by atoms with Gasteiger partial charge in [0, 0.05) is 16.9 Å². The summed E-state index contributed by atoms with van der Waals surface area (Å²) in [4.78, 5) is 11.3. The lowest BCUT2D eigenvalue weighted by molar-refractivity contribution is 0.101. The van der Waals surface area contributed by atoms with Gasteiger partial charge in [0.1, 0.15) is 0 Å². The van der Waals surface area contributed by atoms with Crippen LogP contribution >= 0.6 is 0 Å². The molecule has 88 valence electrons. The molecular formula is C15H12N2O. The summed E-state index contributed by atoms with van der Waals surface area (Å²) in [5, 5.41) is 12.0. The van der Waals surface area contributed by atoms with Crippen molar-refractivity contribution >= 4 is 17.2 Å². The van der Waals surface area contributed by atoms with Gasteiger partial charge >= 0.3 is 0 Å². The maximum Gasteiger partial charge on any atom is 0.159 e. The number of nitriles is 1. The molecule has 3 nitrogen and oxygen atoms in total. The second-order valence-electron chi connectivity index (χ2n) is 3.95. The average Bonchev–Trinajstić information content (AvgIpc) is 2.39. The second kappa shape index (κ2) is 5.15. The Labute approximate surface area is 106 Å². The number of nitrogens with zero attached hydrogens (tertiary/aromatic N) is 1. The summed E-state index contributed by atoms with van der Waals surface area (Å²) >= 11 is 0. The van der Waals surface area contributed by atoms with Gasteiger partial charge < -0.3 is 5.32 Å². The van der Waals surface area contributed by atoms with Crippen LogP contribution in [0.3, 0.4) is 0 Å². The van der Waals surface area contributed by atoms with E-state index < -0.39 is 0 Å². The number of hydrogen-bond acceptors (Lipinski definition) is 3. The third-order valence-corrected chi connectivity index (χ3v) is 2.55. The molecule has 0 bridgehead atoms. The van der Waals surface area contributed by atoms with Crippen LogP contribution in [-0.4, -0.2) is 5.78 Å². The number of carbonyl (C=O) groups is 1. The van der Waals surface area contributed by atoms with Gasteiger partial charge in [-0.15, -0.1) is 0 Å². The minimum absolute atomic E-state index is 0.0319. The molecule has 1 N–H and O–H groups in total. The van der Waals surface area contributed by atoms with Gasteiger partial charge in [0.2, 0.25) is 0 Å². The van der Waals surface area contributed by atoms with E-state index >= 15 is 0 Å². The number of ketones is 1. The van der Waals surface area contributed by atoms with Crippen LogP contribution in [0.15, 0.2) is 48.5 Å². The van der Waals surface area contributed by atoms with Gasteiger partial charge in [0.05, 0.1) is 11.6 Å². The Morgan fingerprint density at radius 1 is 1.11 bits per heavy atom. The fourth-order valence-electron chi connectivity index (χ4n) is 1.65. The van der Waals surface area contributed by atoms with Gasteiger partial charge in [-0.2, -0.15) is 5.26 Å². The Kier molecular flexibility index (Phi) is 3.40. The first kappa shape index (κ1) is 11.9. The molecule has 0 spiro atoms. The number of benzene rings is 2. The molecule has 2 aromatic rings. The molecular weight excluding hydrogens is 224 g/mol. The highest BCUT2D eigenvalue weighted by Crippen LogP contribution is 2.18. The second-order valence-corrected chi connectivity index (χ2v) is 3.95. The summed E-state index contributed by atoms with van der Waals surface area (Å²) in [7, 11) is 0. The van der Waals surface area contributed by atoms with Crippen LogP contribution < -0.4 is 5.32 Å². The molecule has 3 heteroatoms. The Balaban J connectivity index is 2.26. The van der Waals surface area contributed by atoms with Gasteiger partial charge in [-0.25, -0.2) is 0 Å². The van der Waals surface area contributed by atoms with Gasteiger partial charge in [0.15, 0.2) is 5.78 Å². The van der Waals surface area contributed by atoms with E-state index in [1.165, 1.54) is 6.92 Å². The van der Waals surface area contributed by atoms with Crippen molar-refractivity contribution in [2.24, 2.45) is 0 Å². The number of anilines is 2. The first-order valence-corrected chi connectivity index (χ1v) is 5.57. The average molecular weight is 236 g/mol. The summed E-state index contributed by atoms with van der Waals surface area (Å²) in [5.74, 6) is 0.0319. The van der Waals surface area contributed by atoms with Crippen LogP contribution in [0.4, 0.5) is 11.4 Å². The normalized spacial score (nSPS) is 9.56. The molecule has 2 rings (SSSR count). The lowest BCUT2D eigenvalue weighted by Crippen LogP contribution is -1.95. The molecule has 0 unspecified atom stereocenters. The van der Waals surface area contributed by atoms with Crippen LogP contribution in [0.1, 0.15) is 22.8 Å². The molecule has 0 aliphatic heterocycles. The smallest absolute Gasteiger partial charge is 0.159 e. The lowest BCUT2D eigenvalue weighted by atomic mass is 10.1. The molecule has 0 radical (unpaired) electrons. The molecule has 0 aliphatic carbocycles. The highest BCUT2D eigenvalue weighted by Gasteiger charge is 2.01. The monoisotopic (exact) mass is 236 g/mol. The van der Waals surface area contributed by atoms with E-state index in [-0.39, 0.29) is 5.78 Å². The highest BCUT2D eigenvalue weighted by atomic mass is 16.1. The van der Waals surface area contributed by atoms with Crippen molar-refractivity contribution < 1.29 is 4.79 Å². The number of rotatable bonds is 3. The van der Waals surface area contributed by atoms with E-state index in [2.05, 4.69) is 11.4 Å². The summed E-state index contributed by atoms with van der Waals surface area (Å²) in [5.41, 5.74) is 2.92. The zero-order chi connectivity index (χ0) is 13.0. The zero-order valence-electron chi connectivity index (χ0n) is 9.97. The maximum absolute atomic E-state index is 11.3. The van der Waals surface area contributed by atoms with E-state index in [1.54, 1.807) is 24.3 Å². The topological polar surface area (TPSA) is 52.9 Å². The van der Waals surface area contributed by atoms with Crippen molar-refractivity contribution in [3.8, 4) is 6.07 Å². The van der Waals surface area contributed by atoms with Crippen molar-refractivity contribution in [2.75, 3.05) is 5.32 Å². The first-order valence-electron chi connectivity index (χ1n) is 5.57.